The van der Waals surface area contributed by atoms with Crippen LogP contribution < -0.4 is 0 Å². The van der Waals surface area contributed by atoms with Gasteiger partial charge in [-0.25, -0.2) is 4.79 Å². The standard InChI is InChI=1S/C21H21NO4/c23-19-11-10-18(26-19)20-17-9-5-4-8-16(17)12-13-22(20)21(24)25-14-15-6-2-1-3-7-15/h1-9,18,20H,10-14H2/t18?,20-/m1/s1. The summed E-state index contributed by atoms with van der Waals surface area (Å²) in [5.74, 6) is -0.198. The molecule has 5 nitrogen and oxygen atoms in total. The normalized spacial score (nSPS) is 21.8. The van der Waals surface area contributed by atoms with Crippen LogP contribution in [-0.2, 0) is 27.3 Å². The summed E-state index contributed by atoms with van der Waals surface area (Å²) in [5, 5.41) is 0. The number of nitrogens with zero attached hydrogens (tertiary/aromatic N) is 1. The molecule has 1 unspecified atom stereocenters. The van der Waals surface area contributed by atoms with Gasteiger partial charge >= 0.3 is 12.1 Å². The highest BCUT2D eigenvalue weighted by atomic mass is 16.6. The second-order valence-corrected chi connectivity index (χ2v) is 6.69. The number of fused-ring (bicyclic) bond motifs is 1. The Morgan fingerprint density at radius 2 is 1.85 bits per heavy atom. The van der Waals surface area contributed by atoms with Crippen molar-refractivity contribution in [1.29, 1.82) is 0 Å². The topological polar surface area (TPSA) is 55.8 Å². The largest absolute Gasteiger partial charge is 0.460 e. The number of rotatable bonds is 3. The lowest BCUT2D eigenvalue weighted by Crippen LogP contribution is -2.45. The average molecular weight is 351 g/mol. The van der Waals surface area contributed by atoms with Crippen LogP contribution in [-0.4, -0.2) is 29.6 Å². The van der Waals surface area contributed by atoms with Crippen LogP contribution in [0.4, 0.5) is 4.79 Å². The van der Waals surface area contributed by atoms with Gasteiger partial charge in [0.15, 0.2) is 0 Å². The molecule has 0 saturated carbocycles. The first-order valence-electron chi connectivity index (χ1n) is 8.97. The van der Waals surface area contributed by atoms with Crippen molar-refractivity contribution < 1.29 is 19.1 Å². The van der Waals surface area contributed by atoms with Crippen LogP contribution in [0.15, 0.2) is 54.6 Å². The smallest absolute Gasteiger partial charge is 0.410 e. The molecule has 0 spiro atoms. The summed E-state index contributed by atoms with van der Waals surface area (Å²) in [7, 11) is 0. The molecule has 26 heavy (non-hydrogen) atoms. The van der Waals surface area contributed by atoms with Crippen molar-refractivity contribution in [2.75, 3.05) is 6.54 Å². The molecule has 1 saturated heterocycles. The molecular formula is C21H21NO4. The summed E-state index contributed by atoms with van der Waals surface area (Å²) >= 11 is 0. The molecule has 2 aromatic rings. The quantitative estimate of drug-likeness (QED) is 0.793. The third-order valence-corrected chi connectivity index (χ3v) is 5.04. The van der Waals surface area contributed by atoms with E-state index in [0.717, 1.165) is 17.5 Å². The van der Waals surface area contributed by atoms with Crippen molar-refractivity contribution in [3.05, 3.63) is 71.3 Å². The predicted octanol–water partition coefficient (Wildman–Crippen LogP) is 3.63. The highest BCUT2D eigenvalue weighted by Gasteiger charge is 2.41. The van der Waals surface area contributed by atoms with Crippen molar-refractivity contribution in [3.63, 3.8) is 0 Å². The van der Waals surface area contributed by atoms with Gasteiger partial charge in [-0.2, -0.15) is 0 Å². The molecule has 1 fully saturated rings. The minimum atomic E-state index is -0.365. The van der Waals surface area contributed by atoms with E-state index in [-0.39, 0.29) is 30.8 Å². The molecule has 0 N–H and O–H groups in total. The summed E-state index contributed by atoms with van der Waals surface area (Å²) in [4.78, 5) is 26.1. The Balaban J connectivity index is 1.55. The summed E-state index contributed by atoms with van der Waals surface area (Å²) in [6, 6.07) is 17.4. The number of hydrogen-bond acceptors (Lipinski definition) is 4. The second kappa shape index (κ2) is 7.20. The first-order valence-corrected chi connectivity index (χ1v) is 8.97. The molecule has 2 aliphatic rings. The Morgan fingerprint density at radius 3 is 2.62 bits per heavy atom. The summed E-state index contributed by atoms with van der Waals surface area (Å²) in [5.41, 5.74) is 3.20. The van der Waals surface area contributed by atoms with Crippen LogP contribution in [0.3, 0.4) is 0 Å². The van der Waals surface area contributed by atoms with Crippen molar-refractivity contribution in [2.45, 2.75) is 38.0 Å². The number of benzene rings is 2. The Labute approximate surface area is 152 Å². The molecule has 4 rings (SSSR count). The number of hydrogen-bond donors (Lipinski definition) is 0. The van der Waals surface area contributed by atoms with E-state index < -0.39 is 0 Å². The molecule has 2 aromatic carbocycles. The first kappa shape index (κ1) is 16.6. The molecule has 0 bridgehead atoms. The summed E-state index contributed by atoms with van der Waals surface area (Å²) < 4.78 is 11.1. The summed E-state index contributed by atoms with van der Waals surface area (Å²) in [6.07, 6.45) is 1.12. The van der Waals surface area contributed by atoms with Gasteiger partial charge < -0.3 is 9.47 Å². The molecule has 134 valence electrons. The van der Waals surface area contributed by atoms with Gasteiger partial charge in [0.2, 0.25) is 0 Å². The van der Waals surface area contributed by atoms with Crippen LogP contribution in [0, 0.1) is 0 Å². The van der Waals surface area contributed by atoms with Crippen molar-refractivity contribution in [2.24, 2.45) is 0 Å². The highest BCUT2D eigenvalue weighted by Crippen LogP contribution is 2.37. The zero-order chi connectivity index (χ0) is 17.9. The van der Waals surface area contributed by atoms with Gasteiger partial charge in [-0.3, -0.25) is 9.69 Å². The van der Waals surface area contributed by atoms with Gasteiger partial charge in [0.05, 0.1) is 6.04 Å². The molecule has 0 radical (unpaired) electrons. The lowest BCUT2D eigenvalue weighted by atomic mass is 9.89. The minimum absolute atomic E-state index is 0.198. The molecular weight excluding hydrogens is 330 g/mol. The number of carbonyl (C=O) groups excluding carboxylic acids is 2. The lowest BCUT2D eigenvalue weighted by molar-refractivity contribution is -0.143. The van der Waals surface area contributed by atoms with Gasteiger partial charge in [-0.05, 0) is 29.5 Å². The number of amides is 1. The Hall–Kier alpha value is -2.82. The van der Waals surface area contributed by atoms with Crippen LogP contribution in [0.2, 0.25) is 0 Å². The van der Waals surface area contributed by atoms with Gasteiger partial charge in [0.1, 0.15) is 12.7 Å². The molecule has 5 heteroatoms. The zero-order valence-corrected chi connectivity index (χ0v) is 14.5. The van der Waals surface area contributed by atoms with Crippen LogP contribution >= 0.6 is 0 Å². The third kappa shape index (κ3) is 3.29. The molecule has 1 amide bonds. The second-order valence-electron chi connectivity index (χ2n) is 6.69. The number of esters is 1. The van der Waals surface area contributed by atoms with Gasteiger partial charge in [0, 0.05) is 13.0 Å². The van der Waals surface area contributed by atoms with Gasteiger partial charge in [0.25, 0.3) is 0 Å². The third-order valence-electron chi connectivity index (χ3n) is 5.04. The number of carbonyl (C=O) groups is 2. The van der Waals surface area contributed by atoms with Crippen LogP contribution in [0.1, 0.15) is 35.6 Å². The Morgan fingerprint density at radius 1 is 1.08 bits per heavy atom. The van der Waals surface area contributed by atoms with Crippen molar-refractivity contribution >= 4 is 12.1 Å². The van der Waals surface area contributed by atoms with Crippen molar-refractivity contribution in [1.82, 2.24) is 4.90 Å². The average Bonchev–Trinajstić information content (AvgIpc) is 3.12. The fourth-order valence-corrected chi connectivity index (χ4v) is 3.78. The number of cyclic esters (lactones) is 1. The fraction of sp³-hybridized carbons (Fsp3) is 0.333. The van der Waals surface area contributed by atoms with E-state index in [2.05, 4.69) is 6.07 Å². The van der Waals surface area contributed by atoms with E-state index in [1.807, 2.05) is 48.5 Å². The minimum Gasteiger partial charge on any atom is -0.460 e. The van der Waals surface area contributed by atoms with Crippen LogP contribution in [0.25, 0.3) is 0 Å². The number of ether oxygens (including phenoxy) is 2. The Kier molecular flexibility index (Phi) is 4.61. The Bertz CT molecular complexity index is 805. The van der Waals surface area contributed by atoms with E-state index in [1.54, 1.807) is 4.90 Å². The maximum Gasteiger partial charge on any atom is 0.410 e. The molecule has 2 aliphatic heterocycles. The fourth-order valence-electron chi connectivity index (χ4n) is 3.78. The monoisotopic (exact) mass is 351 g/mol. The maximum atomic E-state index is 12.8. The van der Waals surface area contributed by atoms with E-state index in [9.17, 15) is 9.59 Å². The zero-order valence-electron chi connectivity index (χ0n) is 14.5. The first-order chi connectivity index (χ1) is 12.7. The molecule has 0 aromatic heterocycles. The summed E-state index contributed by atoms with van der Waals surface area (Å²) in [6.45, 7) is 0.790. The maximum absolute atomic E-state index is 12.8. The van der Waals surface area contributed by atoms with E-state index >= 15 is 0 Å². The molecule has 0 aliphatic carbocycles. The highest BCUT2D eigenvalue weighted by molar-refractivity contribution is 5.73. The van der Waals surface area contributed by atoms with Gasteiger partial charge in [-0.15, -0.1) is 0 Å². The molecule has 2 heterocycles. The van der Waals surface area contributed by atoms with Crippen molar-refractivity contribution in [3.8, 4) is 0 Å². The predicted molar refractivity (Wildman–Crippen MR) is 95.3 cm³/mol. The lowest BCUT2D eigenvalue weighted by Gasteiger charge is -2.38. The van der Waals surface area contributed by atoms with E-state index in [4.69, 9.17) is 9.47 Å². The SMILES string of the molecule is O=C1CCC([C@H]2c3ccccc3CCN2C(=O)OCc2ccccc2)O1. The van der Waals surface area contributed by atoms with Gasteiger partial charge in [-0.1, -0.05) is 54.6 Å². The van der Waals surface area contributed by atoms with E-state index in [1.165, 1.54) is 5.56 Å². The van der Waals surface area contributed by atoms with E-state index in [0.29, 0.717) is 19.4 Å². The van der Waals surface area contributed by atoms with Crippen LogP contribution in [0.5, 0.6) is 0 Å². The molecule has 2 atom stereocenters.